The van der Waals surface area contributed by atoms with Gasteiger partial charge in [-0.2, -0.15) is 4.98 Å². The molecule has 29 heavy (non-hydrogen) atoms. The van der Waals surface area contributed by atoms with Crippen LogP contribution in [0.4, 0.5) is 16.6 Å². The van der Waals surface area contributed by atoms with Crippen LogP contribution in [-0.2, 0) is 9.59 Å². The second-order valence-electron chi connectivity index (χ2n) is 7.49. The van der Waals surface area contributed by atoms with E-state index >= 15 is 0 Å². The highest BCUT2D eigenvalue weighted by atomic mass is 16.2. The average molecular weight is 400 g/mol. The van der Waals surface area contributed by atoms with Crippen LogP contribution in [0.2, 0.25) is 0 Å². The van der Waals surface area contributed by atoms with Gasteiger partial charge in [0.05, 0.1) is 24.0 Å². The fourth-order valence-electron chi connectivity index (χ4n) is 3.30. The van der Waals surface area contributed by atoms with Crippen molar-refractivity contribution in [2.24, 2.45) is 0 Å². The Balaban J connectivity index is 1.66. The minimum Gasteiger partial charge on any atom is -0.382 e. The molecule has 2 saturated heterocycles. The molecular weight excluding hydrogens is 376 g/mol. The lowest BCUT2D eigenvalue weighted by atomic mass is 9.88. The number of nitrogen functional groups attached to an aromatic ring is 1. The van der Waals surface area contributed by atoms with Crippen molar-refractivity contribution in [3.05, 3.63) is 11.8 Å². The van der Waals surface area contributed by atoms with Crippen LogP contribution in [-0.4, -0.2) is 59.2 Å². The van der Waals surface area contributed by atoms with Crippen molar-refractivity contribution in [1.29, 1.82) is 0 Å². The molecule has 11 heteroatoms. The van der Waals surface area contributed by atoms with Gasteiger partial charge in [0.15, 0.2) is 0 Å². The Labute approximate surface area is 168 Å². The SMILES string of the molecule is CC(C)(C#Cc1cnc(N2CCC3(CC2)NCNC3=O)nc1N)NC(=O)NC=O. The normalized spacial score (nSPS) is 17.9. The highest BCUT2D eigenvalue weighted by molar-refractivity contribution is 5.88. The third-order valence-corrected chi connectivity index (χ3v) is 4.94. The van der Waals surface area contributed by atoms with Crippen LogP contribution < -0.4 is 31.9 Å². The van der Waals surface area contributed by atoms with Crippen LogP contribution in [0.3, 0.4) is 0 Å². The molecule has 6 N–H and O–H groups in total. The van der Waals surface area contributed by atoms with Gasteiger partial charge in [-0.05, 0) is 26.7 Å². The molecule has 1 aromatic rings. The van der Waals surface area contributed by atoms with Crippen molar-refractivity contribution in [2.45, 2.75) is 37.8 Å². The summed E-state index contributed by atoms with van der Waals surface area (Å²) in [5.74, 6) is 6.50. The molecule has 0 unspecified atom stereocenters. The molecule has 1 aromatic heterocycles. The third kappa shape index (κ3) is 4.55. The molecule has 0 aliphatic carbocycles. The monoisotopic (exact) mass is 400 g/mol. The third-order valence-electron chi connectivity index (χ3n) is 4.94. The van der Waals surface area contributed by atoms with Crippen LogP contribution in [0.5, 0.6) is 0 Å². The lowest BCUT2D eigenvalue weighted by Crippen LogP contribution is -2.54. The molecule has 154 valence electrons. The minimum atomic E-state index is -0.895. The summed E-state index contributed by atoms with van der Waals surface area (Å²) in [4.78, 5) is 44.5. The largest absolute Gasteiger partial charge is 0.382 e. The van der Waals surface area contributed by atoms with Gasteiger partial charge in [0.25, 0.3) is 0 Å². The summed E-state index contributed by atoms with van der Waals surface area (Å²) >= 11 is 0. The molecule has 0 aromatic carbocycles. The number of nitrogens with zero attached hydrogens (tertiary/aromatic N) is 3. The maximum Gasteiger partial charge on any atom is 0.322 e. The number of amides is 4. The second-order valence-corrected chi connectivity index (χ2v) is 7.49. The molecule has 3 rings (SSSR count). The number of nitrogens with one attached hydrogen (secondary N) is 4. The van der Waals surface area contributed by atoms with E-state index in [1.54, 1.807) is 13.8 Å². The fraction of sp³-hybridized carbons (Fsp3) is 0.500. The van der Waals surface area contributed by atoms with Gasteiger partial charge in [-0.25, -0.2) is 9.78 Å². The van der Waals surface area contributed by atoms with Crippen LogP contribution in [0.25, 0.3) is 0 Å². The van der Waals surface area contributed by atoms with Crippen molar-refractivity contribution < 1.29 is 14.4 Å². The molecule has 3 heterocycles. The van der Waals surface area contributed by atoms with E-state index in [9.17, 15) is 14.4 Å². The summed E-state index contributed by atoms with van der Waals surface area (Å²) < 4.78 is 0. The van der Waals surface area contributed by atoms with Gasteiger partial charge in [0.1, 0.15) is 11.4 Å². The van der Waals surface area contributed by atoms with E-state index in [0.29, 0.717) is 50.5 Å². The molecule has 1 spiro atoms. The molecule has 11 nitrogen and oxygen atoms in total. The average Bonchev–Trinajstić information content (AvgIpc) is 3.01. The Morgan fingerprint density at radius 2 is 2.14 bits per heavy atom. The molecular formula is C18H24N8O3. The summed E-state index contributed by atoms with van der Waals surface area (Å²) in [7, 11) is 0. The number of aromatic nitrogens is 2. The topological polar surface area (TPSA) is 154 Å². The first-order chi connectivity index (χ1) is 13.7. The number of urea groups is 1. The molecule has 4 amide bonds. The lowest BCUT2D eigenvalue weighted by molar-refractivity contribution is -0.124. The Hall–Kier alpha value is -3.39. The Kier molecular flexibility index (Phi) is 5.56. The van der Waals surface area contributed by atoms with E-state index in [0.717, 1.165) is 0 Å². The van der Waals surface area contributed by atoms with E-state index < -0.39 is 17.1 Å². The van der Waals surface area contributed by atoms with Crippen LogP contribution in [0, 0.1) is 11.8 Å². The van der Waals surface area contributed by atoms with E-state index in [1.807, 2.05) is 10.2 Å². The first kappa shape index (κ1) is 20.3. The zero-order valence-corrected chi connectivity index (χ0v) is 16.3. The second kappa shape index (κ2) is 7.92. The zero-order valence-electron chi connectivity index (χ0n) is 16.3. The number of rotatable bonds is 3. The predicted octanol–water partition coefficient (Wildman–Crippen LogP) is -1.34. The molecule has 0 atom stereocenters. The Bertz CT molecular complexity index is 881. The highest BCUT2D eigenvalue weighted by Crippen LogP contribution is 2.27. The number of hydrogen-bond acceptors (Lipinski definition) is 8. The van der Waals surface area contributed by atoms with Gasteiger partial charge < -0.3 is 21.3 Å². The number of anilines is 2. The summed E-state index contributed by atoms with van der Waals surface area (Å²) in [5.41, 5.74) is 5.08. The molecule has 0 saturated carbocycles. The summed E-state index contributed by atoms with van der Waals surface area (Å²) in [6.07, 6.45) is 3.15. The van der Waals surface area contributed by atoms with Crippen molar-refractivity contribution in [1.82, 2.24) is 31.2 Å². The minimum absolute atomic E-state index is 0.0428. The maximum atomic E-state index is 12.0. The zero-order chi connectivity index (χ0) is 21.1. The summed E-state index contributed by atoms with van der Waals surface area (Å²) in [6.45, 7) is 5.14. The Morgan fingerprint density at radius 3 is 2.72 bits per heavy atom. The molecule has 0 radical (unpaired) electrons. The number of piperidine rings is 1. The fourth-order valence-corrected chi connectivity index (χ4v) is 3.30. The number of carbonyl (C=O) groups is 3. The number of imide groups is 1. The molecule has 2 aliphatic heterocycles. The van der Waals surface area contributed by atoms with Gasteiger partial charge in [0, 0.05) is 13.1 Å². The van der Waals surface area contributed by atoms with Gasteiger partial charge in [0.2, 0.25) is 18.3 Å². The van der Waals surface area contributed by atoms with Crippen LogP contribution >= 0.6 is 0 Å². The van der Waals surface area contributed by atoms with Gasteiger partial charge in [-0.1, -0.05) is 11.8 Å². The molecule has 2 aliphatic rings. The van der Waals surface area contributed by atoms with E-state index in [-0.39, 0.29) is 11.7 Å². The van der Waals surface area contributed by atoms with Crippen LogP contribution in [0.15, 0.2) is 6.20 Å². The van der Waals surface area contributed by atoms with Gasteiger partial charge in [-0.3, -0.25) is 20.2 Å². The van der Waals surface area contributed by atoms with E-state index in [4.69, 9.17) is 5.73 Å². The molecule has 2 fully saturated rings. The number of hydrogen-bond donors (Lipinski definition) is 5. The lowest BCUT2D eigenvalue weighted by Gasteiger charge is -2.37. The summed E-state index contributed by atoms with van der Waals surface area (Å²) in [5, 5.41) is 10.6. The number of nitrogens with two attached hydrogens (primary N) is 1. The molecule has 0 bridgehead atoms. The predicted molar refractivity (Wildman–Crippen MR) is 105 cm³/mol. The van der Waals surface area contributed by atoms with E-state index in [1.165, 1.54) is 6.20 Å². The first-order valence-electron chi connectivity index (χ1n) is 9.21. The quantitative estimate of drug-likeness (QED) is 0.309. The highest BCUT2D eigenvalue weighted by Gasteiger charge is 2.44. The van der Waals surface area contributed by atoms with Crippen molar-refractivity contribution in [3.63, 3.8) is 0 Å². The van der Waals surface area contributed by atoms with Gasteiger partial charge in [-0.15, -0.1) is 0 Å². The Morgan fingerprint density at radius 1 is 1.41 bits per heavy atom. The maximum absolute atomic E-state index is 12.0. The smallest absolute Gasteiger partial charge is 0.322 e. The number of carbonyl (C=O) groups excluding carboxylic acids is 3. The van der Waals surface area contributed by atoms with E-state index in [2.05, 4.69) is 37.8 Å². The van der Waals surface area contributed by atoms with Crippen molar-refractivity contribution in [3.8, 4) is 11.8 Å². The first-order valence-corrected chi connectivity index (χ1v) is 9.21. The van der Waals surface area contributed by atoms with Crippen LogP contribution in [0.1, 0.15) is 32.3 Å². The van der Waals surface area contributed by atoms with Crippen molar-refractivity contribution in [2.75, 3.05) is 30.4 Å². The standard InChI is InChI=1S/C18H24N8O3/c1-17(2,25-16(29)22-11-27)4-3-12-9-20-15(24-13(12)19)26-7-5-18(6-8-26)14(28)21-10-23-18/h9,11,23H,5-8,10H2,1-2H3,(H,21,28)(H2,19,20,24)(H2,22,25,27,29). The summed E-state index contributed by atoms with van der Waals surface area (Å²) in [6, 6.07) is -0.646. The van der Waals surface area contributed by atoms with Crippen molar-refractivity contribution >= 4 is 30.1 Å². The van der Waals surface area contributed by atoms with Gasteiger partial charge >= 0.3 is 6.03 Å².